The maximum absolute atomic E-state index is 12.1. The van der Waals surface area contributed by atoms with E-state index in [-0.39, 0.29) is 18.4 Å². The monoisotopic (exact) mass is 324 g/mol. The maximum Gasteiger partial charge on any atom is 0.265 e. The predicted octanol–water partition coefficient (Wildman–Crippen LogP) is 3.14. The van der Waals surface area contributed by atoms with Gasteiger partial charge in [-0.2, -0.15) is 0 Å². The molecule has 0 unspecified atom stereocenters. The first-order valence-corrected chi connectivity index (χ1v) is 8.02. The van der Waals surface area contributed by atoms with Crippen molar-refractivity contribution >= 4 is 23.2 Å². The van der Waals surface area contributed by atoms with Crippen molar-refractivity contribution in [3.05, 3.63) is 54.1 Å². The first-order chi connectivity index (χ1) is 11.6. The number of fused-ring (bicyclic) bond motifs is 1. The van der Waals surface area contributed by atoms with Gasteiger partial charge in [0.25, 0.3) is 5.91 Å². The predicted molar refractivity (Wildman–Crippen MR) is 93.3 cm³/mol. The second-order valence-electron chi connectivity index (χ2n) is 5.82. The molecule has 1 aliphatic heterocycles. The van der Waals surface area contributed by atoms with Crippen molar-refractivity contribution < 1.29 is 14.3 Å². The summed E-state index contributed by atoms with van der Waals surface area (Å²) in [5.74, 6) is 0.585. The number of hydrogen-bond acceptors (Lipinski definition) is 3. The molecule has 0 aliphatic carbocycles. The maximum atomic E-state index is 12.1. The van der Waals surface area contributed by atoms with E-state index >= 15 is 0 Å². The summed E-state index contributed by atoms with van der Waals surface area (Å²) in [5.41, 5.74) is 2.71. The molecule has 5 nitrogen and oxygen atoms in total. The van der Waals surface area contributed by atoms with E-state index in [4.69, 9.17) is 4.74 Å². The lowest BCUT2D eigenvalue weighted by atomic mass is 10.2. The first-order valence-electron chi connectivity index (χ1n) is 8.02. The second kappa shape index (κ2) is 7.17. The molecule has 24 heavy (non-hydrogen) atoms. The van der Waals surface area contributed by atoms with Crippen molar-refractivity contribution in [3.8, 4) is 5.75 Å². The number of carbonyl (C=O) groups is 2. The lowest BCUT2D eigenvalue weighted by molar-refractivity contribution is -0.121. The van der Waals surface area contributed by atoms with Crippen LogP contribution in [0.15, 0.2) is 48.5 Å². The Labute approximate surface area is 141 Å². The van der Waals surface area contributed by atoms with Crippen molar-refractivity contribution in [3.63, 3.8) is 0 Å². The van der Waals surface area contributed by atoms with E-state index in [1.54, 1.807) is 4.90 Å². The Morgan fingerprint density at radius 2 is 1.92 bits per heavy atom. The van der Waals surface area contributed by atoms with Crippen LogP contribution in [0.5, 0.6) is 5.75 Å². The van der Waals surface area contributed by atoms with Gasteiger partial charge >= 0.3 is 0 Å². The number of amides is 2. The van der Waals surface area contributed by atoms with Crippen LogP contribution in [0.25, 0.3) is 0 Å². The highest BCUT2D eigenvalue weighted by molar-refractivity contribution is 5.98. The molecule has 0 radical (unpaired) electrons. The number of para-hydroxylation sites is 2. The van der Waals surface area contributed by atoms with E-state index in [0.717, 1.165) is 16.9 Å². The first kappa shape index (κ1) is 16.1. The Hall–Kier alpha value is -2.82. The Bertz CT molecular complexity index is 741. The number of ether oxygens (including phenoxy) is 1. The van der Waals surface area contributed by atoms with Crippen LogP contribution >= 0.6 is 0 Å². The van der Waals surface area contributed by atoms with Crippen molar-refractivity contribution in [1.82, 2.24) is 0 Å². The zero-order valence-electron chi connectivity index (χ0n) is 13.6. The molecule has 2 aromatic rings. The molecule has 0 fully saturated rings. The number of hydrogen-bond donors (Lipinski definition) is 1. The third-order valence-electron chi connectivity index (χ3n) is 3.93. The minimum absolute atomic E-state index is 0.0482. The minimum atomic E-state index is -0.0763. The lowest BCUT2D eigenvalue weighted by Crippen LogP contribution is -2.39. The number of anilines is 2. The molecule has 3 rings (SSSR count). The minimum Gasteiger partial charge on any atom is -0.482 e. The van der Waals surface area contributed by atoms with Crippen LogP contribution in [0, 0.1) is 6.92 Å². The van der Waals surface area contributed by atoms with Gasteiger partial charge in [0.1, 0.15) is 5.75 Å². The summed E-state index contributed by atoms with van der Waals surface area (Å²) >= 11 is 0. The van der Waals surface area contributed by atoms with Crippen molar-refractivity contribution in [1.29, 1.82) is 0 Å². The van der Waals surface area contributed by atoms with Crippen LogP contribution in [-0.2, 0) is 9.59 Å². The van der Waals surface area contributed by atoms with Gasteiger partial charge < -0.3 is 15.0 Å². The fraction of sp³-hybridized carbons (Fsp3) is 0.263. The molecule has 124 valence electrons. The van der Waals surface area contributed by atoms with Crippen molar-refractivity contribution in [2.75, 3.05) is 23.4 Å². The van der Waals surface area contributed by atoms with Gasteiger partial charge in [0.2, 0.25) is 5.91 Å². The number of rotatable bonds is 5. The summed E-state index contributed by atoms with van der Waals surface area (Å²) in [7, 11) is 0. The van der Waals surface area contributed by atoms with Crippen LogP contribution < -0.4 is 15.0 Å². The summed E-state index contributed by atoms with van der Waals surface area (Å²) < 4.78 is 5.41. The zero-order chi connectivity index (χ0) is 16.9. The summed E-state index contributed by atoms with van der Waals surface area (Å²) in [6.45, 7) is 2.55. The molecule has 0 bridgehead atoms. The van der Waals surface area contributed by atoms with Crippen LogP contribution in [0.3, 0.4) is 0 Å². The summed E-state index contributed by atoms with van der Waals surface area (Å²) in [6.07, 6.45) is 0.957. The Morgan fingerprint density at radius 1 is 1.17 bits per heavy atom. The van der Waals surface area contributed by atoms with Crippen LogP contribution in [0.4, 0.5) is 11.4 Å². The van der Waals surface area contributed by atoms with Gasteiger partial charge in [-0.25, -0.2) is 0 Å². The highest BCUT2D eigenvalue weighted by Crippen LogP contribution is 2.31. The van der Waals surface area contributed by atoms with E-state index in [9.17, 15) is 9.59 Å². The Balaban J connectivity index is 1.53. The third kappa shape index (κ3) is 3.74. The van der Waals surface area contributed by atoms with Crippen molar-refractivity contribution in [2.45, 2.75) is 19.8 Å². The molecule has 1 N–H and O–H groups in total. The number of aryl methyl sites for hydroxylation is 1. The smallest absolute Gasteiger partial charge is 0.265 e. The quantitative estimate of drug-likeness (QED) is 0.919. The van der Waals surface area contributed by atoms with E-state index in [1.807, 2.05) is 55.5 Å². The molecule has 0 saturated carbocycles. The fourth-order valence-corrected chi connectivity index (χ4v) is 2.66. The molecular formula is C19H20N2O3. The average Bonchev–Trinajstić information content (AvgIpc) is 2.59. The largest absolute Gasteiger partial charge is 0.482 e. The van der Waals surface area contributed by atoms with Gasteiger partial charge in [0.05, 0.1) is 5.69 Å². The molecule has 0 atom stereocenters. The van der Waals surface area contributed by atoms with E-state index in [1.165, 1.54) is 0 Å². The molecule has 2 amide bonds. The second-order valence-corrected chi connectivity index (χ2v) is 5.82. The molecule has 0 spiro atoms. The van der Waals surface area contributed by atoms with Gasteiger partial charge in [-0.3, -0.25) is 9.59 Å². The number of nitrogens with one attached hydrogen (secondary N) is 1. The number of benzene rings is 2. The topological polar surface area (TPSA) is 58.6 Å². The van der Waals surface area contributed by atoms with Crippen LogP contribution in [0.2, 0.25) is 0 Å². The molecule has 0 saturated heterocycles. The summed E-state index contributed by atoms with van der Waals surface area (Å²) in [6, 6.07) is 15.1. The lowest BCUT2D eigenvalue weighted by Gasteiger charge is -2.29. The van der Waals surface area contributed by atoms with Crippen LogP contribution in [-0.4, -0.2) is 25.0 Å². The molecular weight excluding hydrogens is 304 g/mol. The number of carbonyl (C=O) groups excluding carboxylic acids is 2. The van der Waals surface area contributed by atoms with Crippen LogP contribution in [0.1, 0.15) is 18.4 Å². The van der Waals surface area contributed by atoms with E-state index in [2.05, 4.69) is 5.32 Å². The Kier molecular flexibility index (Phi) is 4.79. The molecule has 1 heterocycles. The SMILES string of the molecule is Cc1ccc(NC(=O)CCCN2C(=O)COc3ccccc32)cc1. The summed E-state index contributed by atoms with van der Waals surface area (Å²) in [5, 5.41) is 2.87. The van der Waals surface area contributed by atoms with Gasteiger partial charge in [0.15, 0.2) is 6.61 Å². The highest BCUT2D eigenvalue weighted by atomic mass is 16.5. The van der Waals surface area contributed by atoms with Gasteiger partial charge in [-0.1, -0.05) is 29.8 Å². The zero-order valence-corrected chi connectivity index (χ0v) is 13.6. The average molecular weight is 324 g/mol. The summed E-state index contributed by atoms with van der Waals surface area (Å²) in [4.78, 5) is 25.8. The normalized spacial score (nSPS) is 13.2. The third-order valence-corrected chi connectivity index (χ3v) is 3.93. The van der Waals surface area contributed by atoms with Gasteiger partial charge in [-0.15, -0.1) is 0 Å². The molecule has 1 aliphatic rings. The van der Waals surface area contributed by atoms with Crippen molar-refractivity contribution in [2.24, 2.45) is 0 Å². The van der Waals surface area contributed by atoms with E-state index in [0.29, 0.717) is 25.1 Å². The molecule has 0 aromatic heterocycles. The molecule has 5 heteroatoms. The van der Waals surface area contributed by atoms with Gasteiger partial charge in [0, 0.05) is 18.7 Å². The molecule has 2 aromatic carbocycles. The van der Waals surface area contributed by atoms with E-state index < -0.39 is 0 Å². The Morgan fingerprint density at radius 3 is 2.71 bits per heavy atom. The highest BCUT2D eigenvalue weighted by Gasteiger charge is 2.24. The standard InChI is InChI=1S/C19H20N2O3/c1-14-8-10-15(11-9-14)20-18(22)7-4-12-21-16-5-2-3-6-17(16)24-13-19(21)23/h2-3,5-6,8-11H,4,7,12-13H2,1H3,(H,20,22). The number of nitrogens with zero attached hydrogens (tertiary/aromatic N) is 1. The fourth-order valence-electron chi connectivity index (χ4n) is 2.66. The van der Waals surface area contributed by atoms with Gasteiger partial charge in [-0.05, 0) is 37.6 Å².